The third-order valence-corrected chi connectivity index (χ3v) is 5.73. The number of imidazole rings is 1. The zero-order chi connectivity index (χ0) is 17.1. The molecule has 1 aromatic carbocycles. The van der Waals surface area contributed by atoms with Crippen LogP contribution in [0, 0.1) is 6.92 Å². The lowest BCUT2D eigenvalue weighted by molar-refractivity contribution is 0.254. The molecule has 0 N–H and O–H groups in total. The second kappa shape index (κ2) is 7.61. The van der Waals surface area contributed by atoms with Gasteiger partial charge < -0.3 is 9.47 Å². The first-order valence-electron chi connectivity index (χ1n) is 9.87. The Balaban J connectivity index is 1.23. The lowest BCUT2D eigenvalue weighted by atomic mass is 10.1. The monoisotopic (exact) mass is 338 g/mol. The molecule has 4 heteroatoms. The van der Waals surface area contributed by atoms with Gasteiger partial charge in [-0.1, -0.05) is 17.7 Å². The van der Waals surface area contributed by atoms with Crippen LogP contribution in [0.2, 0.25) is 0 Å². The molecule has 0 spiro atoms. The van der Waals surface area contributed by atoms with Gasteiger partial charge in [0.15, 0.2) is 0 Å². The van der Waals surface area contributed by atoms with Crippen LogP contribution in [-0.4, -0.2) is 47.2 Å². The molecule has 4 nitrogen and oxygen atoms in total. The van der Waals surface area contributed by atoms with Gasteiger partial charge in [-0.3, -0.25) is 4.90 Å². The first kappa shape index (κ1) is 16.6. The summed E-state index contributed by atoms with van der Waals surface area (Å²) < 4.78 is 2.47. The Morgan fingerprint density at radius 3 is 2.56 bits per heavy atom. The molecule has 0 atom stereocenters. The van der Waals surface area contributed by atoms with Gasteiger partial charge in [-0.25, -0.2) is 4.98 Å². The average Bonchev–Trinajstić information content (AvgIpc) is 3.06. The molecule has 0 aliphatic carbocycles. The number of aromatic nitrogens is 2. The predicted octanol–water partition coefficient (Wildman–Crippen LogP) is 3.28. The molecule has 25 heavy (non-hydrogen) atoms. The normalized spacial score (nSPS) is 18.4. The van der Waals surface area contributed by atoms with Crippen molar-refractivity contribution in [3.8, 4) is 0 Å². The molecule has 0 amide bonds. The quantitative estimate of drug-likeness (QED) is 0.836. The first-order valence-corrected chi connectivity index (χ1v) is 9.87. The molecule has 134 valence electrons. The molecule has 0 bridgehead atoms. The topological polar surface area (TPSA) is 24.3 Å². The fraction of sp³-hybridized carbons (Fsp3) is 0.571. The maximum atomic E-state index is 4.61. The highest BCUT2D eigenvalue weighted by Crippen LogP contribution is 2.19. The van der Waals surface area contributed by atoms with Crippen molar-refractivity contribution in [1.82, 2.24) is 14.5 Å². The second-order valence-electron chi connectivity index (χ2n) is 7.54. The predicted molar refractivity (Wildman–Crippen MR) is 103 cm³/mol. The summed E-state index contributed by atoms with van der Waals surface area (Å²) in [5.74, 6) is 1.31. The molecule has 1 aromatic heterocycles. The van der Waals surface area contributed by atoms with E-state index in [0.29, 0.717) is 0 Å². The molecule has 1 saturated heterocycles. The Morgan fingerprint density at radius 1 is 0.960 bits per heavy atom. The smallest absolute Gasteiger partial charge is 0.108 e. The number of fused-ring (bicyclic) bond motifs is 1. The number of rotatable bonds is 5. The van der Waals surface area contributed by atoms with Gasteiger partial charge in [0.05, 0.1) is 0 Å². The molecule has 0 saturated carbocycles. The van der Waals surface area contributed by atoms with E-state index < -0.39 is 0 Å². The minimum atomic E-state index is 1.14. The van der Waals surface area contributed by atoms with Crippen LogP contribution in [0.1, 0.15) is 36.3 Å². The average molecular weight is 338 g/mol. The van der Waals surface area contributed by atoms with Gasteiger partial charge in [-0.15, -0.1) is 0 Å². The minimum Gasteiger partial charge on any atom is -0.369 e. The van der Waals surface area contributed by atoms with Crippen LogP contribution < -0.4 is 4.90 Å². The van der Waals surface area contributed by atoms with Crippen molar-refractivity contribution in [3.05, 3.63) is 47.5 Å². The molecular formula is C21H30N4. The fourth-order valence-electron chi connectivity index (χ4n) is 4.15. The third kappa shape index (κ3) is 3.90. The van der Waals surface area contributed by atoms with Crippen molar-refractivity contribution >= 4 is 5.69 Å². The van der Waals surface area contributed by atoms with Crippen LogP contribution in [0.4, 0.5) is 5.69 Å². The molecule has 4 rings (SSSR count). The molecule has 2 aliphatic rings. The van der Waals surface area contributed by atoms with E-state index in [1.54, 1.807) is 0 Å². The SMILES string of the molecule is Cc1ccc(N2CCN(CCCc3cnc4n3CCCC4)CC2)cc1. The van der Waals surface area contributed by atoms with Crippen LogP contribution in [0.15, 0.2) is 30.5 Å². The van der Waals surface area contributed by atoms with E-state index in [0.717, 1.165) is 13.1 Å². The van der Waals surface area contributed by atoms with Crippen LogP contribution in [0.25, 0.3) is 0 Å². The highest BCUT2D eigenvalue weighted by molar-refractivity contribution is 5.47. The van der Waals surface area contributed by atoms with Crippen molar-refractivity contribution in [2.75, 3.05) is 37.6 Å². The zero-order valence-electron chi connectivity index (χ0n) is 15.5. The van der Waals surface area contributed by atoms with Gasteiger partial charge in [0, 0.05) is 56.7 Å². The molecule has 1 fully saturated rings. The van der Waals surface area contributed by atoms with Gasteiger partial charge in [0.25, 0.3) is 0 Å². The van der Waals surface area contributed by atoms with E-state index in [1.807, 2.05) is 0 Å². The number of piperazine rings is 1. The molecular weight excluding hydrogens is 308 g/mol. The number of hydrogen-bond donors (Lipinski definition) is 0. The number of hydrogen-bond acceptors (Lipinski definition) is 3. The van der Waals surface area contributed by atoms with Gasteiger partial charge >= 0.3 is 0 Å². The maximum Gasteiger partial charge on any atom is 0.108 e. The first-order chi connectivity index (χ1) is 12.3. The van der Waals surface area contributed by atoms with E-state index >= 15 is 0 Å². The zero-order valence-corrected chi connectivity index (χ0v) is 15.5. The molecule has 0 radical (unpaired) electrons. The minimum absolute atomic E-state index is 1.14. The number of nitrogens with zero attached hydrogens (tertiary/aromatic N) is 4. The van der Waals surface area contributed by atoms with E-state index in [4.69, 9.17) is 0 Å². The van der Waals surface area contributed by atoms with E-state index in [9.17, 15) is 0 Å². The Hall–Kier alpha value is -1.81. The van der Waals surface area contributed by atoms with Crippen molar-refractivity contribution in [3.63, 3.8) is 0 Å². The largest absolute Gasteiger partial charge is 0.369 e. The second-order valence-corrected chi connectivity index (χ2v) is 7.54. The Labute approximate surface area is 151 Å². The summed E-state index contributed by atoms with van der Waals surface area (Å²) in [6.07, 6.45) is 8.33. The highest BCUT2D eigenvalue weighted by atomic mass is 15.3. The molecule has 2 aliphatic heterocycles. The molecule has 3 heterocycles. The van der Waals surface area contributed by atoms with Crippen LogP contribution in [-0.2, 0) is 19.4 Å². The summed E-state index contributed by atoms with van der Waals surface area (Å²) in [6.45, 7) is 9.19. The summed E-state index contributed by atoms with van der Waals surface area (Å²) in [5.41, 5.74) is 4.16. The van der Waals surface area contributed by atoms with Crippen LogP contribution in [0.5, 0.6) is 0 Å². The summed E-state index contributed by atoms with van der Waals surface area (Å²) in [6, 6.07) is 8.95. The van der Waals surface area contributed by atoms with Crippen LogP contribution >= 0.6 is 0 Å². The van der Waals surface area contributed by atoms with Gasteiger partial charge in [-0.05, 0) is 51.3 Å². The van der Waals surface area contributed by atoms with Crippen molar-refractivity contribution in [2.45, 2.75) is 45.6 Å². The van der Waals surface area contributed by atoms with Crippen molar-refractivity contribution < 1.29 is 0 Å². The Morgan fingerprint density at radius 2 is 1.76 bits per heavy atom. The lowest BCUT2D eigenvalue weighted by Crippen LogP contribution is -2.46. The summed E-state index contributed by atoms with van der Waals surface area (Å²) in [7, 11) is 0. The fourth-order valence-corrected chi connectivity index (χ4v) is 4.15. The number of anilines is 1. The summed E-state index contributed by atoms with van der Waals surface area (Å²) in [5, 5.41) is 0. The van der Waals surface area contributed by atoms with Crippen molar-refractivity contribution in [2.24, 2.45) is 0 Å². The van der Waals surface area contributed by atoms with Gasteiger partial charge in [-0.2, -0.15) is 0 Å². The van der Waals surface area contributed by atoms with E-state index in [-0.39, 0.29) is 0 Å². The molecule has 2 aromatic rings. The Kier molecular flexibility index (Phi) is 5.07. The lowest BCUT2D eigenvalue weighted by Gasteiger charge is -2.36. The summed E-state index contributed by atoms with van der Waals surface area (Å²) in [4.78, 5) is 9.75. The van der Waals surface area contributed by atoms with Crippen LogP contribution in [0.3, 0.4) is 0 Å². The van der Waals surface area contributed by atoms with Crippen molar-refractivity contribution in [1.29, 1.82) is 0 Å². The maximum absolute atomic E-state index is 4.61. The van der Waals surface area contributed by atoms with E-state index in [1.165, 1.54) is 81.1 Å². The molecule has 0 unspecified atom stereocenters. The third-order valence-electron chi connectivity index (χ3n) is 5.73. The summed E-state index contributed by atoms with van der Waals surface area (Å²) >= 11 is 0. The van der Waals surface area contributed by atoms with Gasteiger partial charge in [0.1, 0.15) is 5.82 Å². The highest BCUT2D eigenvalue weighted by Gasteiger charge is 2.18. The number of benzene rings is 1. The van der Waals surface area contributed by atoms with E-state index in [2.05, 4.69) is 56.7 Å². The van der Waals surface area contributed by atoms with Gasteiger partial charge in [0.2, 0.25) is 0 Å². The standard InChI is InChI=1S/C21H30N4/c1-18-7-9-19(10-8-18)24-15-13-23(14-16-24)11-4-5-20-17-22-21-6-2-3-12-25(20)21/h7-10,17H,2-6,11-16H2,1H3. The number of aryl methyl sites for hydroxylation is 3. The Bertz CT molecular complexity index is 680.